The lowest BCUT2D eigenvalue weighted by Crippen LogP contribution is -2.22. The Morgan fingerprint density at radius 2 is 1.90 bits per heavy atom. The van der Waals surface area contributed by atoms with Crippen LogP contribution in [0.1, 0.15) is 34.0 Å². The first-order valence-electron chi connectivity index (χ1n) is 6.82. The number of rotatable bonds is 5. The van der Waals surface area contributed by atoms with Crippen LogP contribution in [-0.2, 0) is 17.8 Å². The van der Waals surface area contributed by atoms with E-state index in [0.29, 0.717) is 17.8 Å². The molecule has 0 saturated heterocycles. The number of carbonyl (C=O) groups excluding carboxylic acids is 2. The molecule has 0 atom stereocenters. The van der Waals surface area contributed by atoms with Gasteiger partial charge in [-0.3, -0.25) is 9.59 Å². The quantitative estimate of drug-likeness (QED) is 0.891. The molecule has 0 aliphatic heterocycles. The molecule has 21 heavy (non-hydrogen) atoms. The molecule has 2 aromatic rings. The van der Waals surface area contributed by atoms with E-state index in [1.165, 1.54) is 11.8 Å². The molecular formula is C16H18N2O2S. The van der Waals surface area contributed by atoms with Gasteiger partial charge in [-0.15, -0.1) is 11.3 Å². The van der Waals surface area contributed by atoms with E-state index in [2.05, 4.69) is 23.6 Å². The number of thiophene rings is 1. The third-order valence-electron chi connectivity index (χ3n) is 2.93. The molecule has 0 radical (unpaired) electrons. The Morgan fingerprint density at radius 1 is 1.14 bits per heavy atom. The summed E-state index contributed by atoms with van der Waals surface area (Å²) in [4.78, 5) is 25.6. The Bertz CT molecular complexity index is 649. The van der Waals surface area contributed by atoms with Crippen LogP contribution in [0.3, 0.4) is 0 Å². The zero-order valence-electron chi connectivity index (χ0n) is 12.1. The fourth-order valence-corrected chi connectivity index (χ4v) is 2.82. The van der Waals surface area contributed by atoms with Crippen molar-refractivity contribution in [3.8, 4) is 0 Å². The van der Waals surface area contributed by atoms with Gasteiger partial charge in [0.1, 0.15) is 0 Å². The van der Waals surface area contributed by atoms with Crippen LogP contribution < -0.4 is 10.6 Å². The number of aryl methyl sites for hydroxylation is 1. The van der Waals surface area contributed by atoms with Crippen molar-refractivity contribution in [2.75, 3.05) is 5.32 Å². The highest BCUT2D eigenvalue weighted by atomic mass is 32.1. The molecule has 2 rings (SSSR count). The number of hydrogen-bond donors (Lipinski definition) is 2. The summed E-state index contributed by atoms with van der Waals surface area (Å²) in [6.45, 7) is 4.07. The highest BCUT2D eigenvalue weighted by Crippen LogP contribution is 2.17. The summed E-state index contributed by atoms with van der Waals surface area (Å²) in [6, 6.07) is 11.0. The summed E-state index contributed by atoms with van der Waals surface area (Å²) in [7, 11) is 0. The van der Waals surface area contributed by atoms with Gasteiger partial charge in [-0.2, -0.15) is 0 Å². The van der Waals surface area contributed by atoms with Crippen LogP contribution in [0.5, 0.6) is 0 Å². The number of carbonyl (C=O) groups is 2. The predicted octanol–water partition coefficient (Wildman–Crippen LogP) is 3.20. The topological polar surface area (TPSA) is 58.2 Å². The van der Waals surface area contributed by atoms with Gasteiger partial charge in [-0.1, -0.05) is 13.0 Å². The van der Waals surface area contributed by atoms with Crippen molar-refractivity contribution in [3.63, 3.8) is 0 Å². The summed E-state index contributed by atoms with van der Waals surface area (Å²) in [6.07, 6.45) is 1.01. The summed E-state index contributed by atoms with van der Waals surface area (Å²) < 4.78 is 0. The van der Waals surface area contributed by atoms with Crippen molar-refractivity contribution in [3.05, 3.63) is 51.7 Å². The smallest absolute Gasteiger partial charge is 0.251 e. The molecule has 4 nitrogen and oxygen atoms in total. The molecule has 2 amide bonds. The van der Waals surface area contributed by atoms with Gasteiger partial charge in [-0.25, -0.2) is 0 Å². The molecule has 0 aliphatic carbocycles. The molecule has 0 aliphatic rings. The van der Waals surface area contributed by atoms with Crippen LogP contribution in [0.4, 0.5) is 5.69 Å². The zero-order valence-corrected chi connectivity index (χ0v) is 12.9. The first kappa shape index (κ1) is 15.3. The molecule has 5 heteroatoms. The second kappa shape index (κ2) is 7.04. The van der Waals surface area contributed by atoms with Crippen molar-refractivity contribution in [1.29, 1.82) is 0 Å². The third-order valence-corrected chi connectivity index (χ3v) is 4.16. The van der Waals surface area contributed by atoms with E-state index in [0.717, 1.165) is 11.3 Å². The number of anilines is 1. The minimum atomic E-state index is -0.154. The van der Waals surface area contributed by atoms with Gasteiger partial charge in [0.05, 0.1) is 6.54 Å². The lowest BCUT2D eigenvalue weighted by molar-refractivity contribution is -0.114. The summed E-state index contributed by atoms with van der Waals surface area (Å²) >= 11 is 1.71. The van der Waals surface area contributed by atoms with Gasteiger partial charge in [0, 0.05) is 27.9 Å². The van der Waals surface area contributed by atoms with Crippen molar-refractivity contribution < 1.29 is 9.59 Å². The molecule has 0 bridgehead atoms. The molecular weight excluding hydrogens is 284 g/mol. The monoisotopic (exact) mass is 302 g/mol. The van der Waals surface area contributed by atoms with Gasteiger partial charge in [0.2, 0.25) is 5.91 Å². The molecule has 0 spiro atoms. The van der Waals surface area contributed by atoms with Crippen LogP contribution in [0, 0.1) is 0 Å². The predicted molar refractivity (Wildman–Crippen MR) is 85.6 cm³/mol. The van der Waals surface area contributed by atoms with Gasteiger partial charge in [0.15, 0.2) is 0 Å². The average Bonchev–Trinajstić information content (AvgIpc) is 2.92. The maximum absolute atomic E-state index is 12.1. The van der Waals surface area contributed by atoms with Crippen LogP contribution in [0.15, 0.2) is 36.4 Å². The van der Waals surface area contributed by atoms with Crippen LogP contribution >= 0.6 is 11.3 Å². The molecule has 0 saturated carbocycles. The number of benzene rings is 1. The van der Waals surface area contributed by atoms with E-state index in [9.17, 15) is 9.59 Å². The summed E-state index contributed by atoms with van der Waals surface area (Å²) in [5.74, 6) is -0.299. The average molecular weight is 302 g/mol. The fraction of sp³-hybridized carbons (Fsp3) is 0.250. The standard InChI is InChI=1S/C16H18N2O2S/c1-3-14-7-8-15(21-14)10-17-16(20)12-5-4-6-13(9-12)18-11(2)19/h4-9H,3,10H2,1-2H3,(H,17,20)(H,18,19). The highest BCUT2D eigenvalue weighted by Gasteiger charge is 2.07. The van der Waals surface area contributed by atoms with Crippen LogP contribution in [0.2, 0.25) is 0 Å². The molecule has 1 heterocycles. The number of amides is 2. The maximum Gasteiger partial charge on any atom is 0.251 e. The van der Waals surface area contributed by atoms with Gasteiger partial charge < -0.3 is 10.6 Å². The molecule has 0 unspecified atom stereocenters. The van der Waals surface area contributed by atoms with E-state index in [1.807, 2.05) is 6.07 Å². The lowest BCUT2D eigenvalue weighted by Gasteiger charge is -2.06. The Labute approximate surface area is 128 Å². The van der Waals surface area contributed by atoms with Gasteiger partial charge >= 0.3 is 0 Å². The van der Waals surface area contributed by atoms with Crippen molar-refractivity contribution in [2.45, 2.75) is 26.8 Å². The molecule has 2 N–H and O–H groups in total. The second-order valence-electron chi connectivity index (χ2n) is 4.67. The normalized spacial score (nSPS) is 10.2. The largest absolute Gasteiger partial charge is 0.347 e. The maximum atomic E-state index is 12.1. The summed E-state index contributed by atoms with van der Waals surface area (Å²) in [5.41, 5.74) is 1.16. The highest BCUT2D eigenvalue weighted by molar-refractivity contribution is 7.11. The van der Waals surface area contributed by atoms with E-state index in [-0.39, 0.29) is 11.8 Å². The summed E-state index contributed by atoms with van der Waals surface area (Å²) in [5, 5.41) is 5.56. The Hall–Kier alpha value is -2.14. The number of hydrogen-bond acceptors (Lipinski definition) is 3. The van der Waals surface area contributed by atoms with Crippen molar-refractivity contribution in [1.82, 2.24) is 5.32 Å². The van der Waals surface area contributed by atoms with Crippen molar-refractivity contribution >= 4 is 28.8 Å². The molecule has 1 aromatic heterocycles. The van der Waals surface area contributed by atoms with E-state index in [4.69, 9.17) is 0 Å². The minimum absolute atomic E-state index is 0.145. The first-order valence-corrected chi connectivity index (χ1v) is 7.63. The van der Waals surface area contributed by atoms with E-state index in [1.54, 1.807) is 35.6 Å². The van der Waals surface area contributed by atoms with E-state index < -0.39 is 0 Å². The Kier molecular flexibility index (Phi) is 5.11. The molecule has 0 fully saturated rings. The SMILES string of the molecule is CCc1ccc(CNC(=O)c2cccc(NC(C)=O)c2)s1. The molecule has 1 aromatic carbocycles. The lowest BCUT2D eigenvalue weighted by atomic mass is 10.2. The Balaban J connectivity index is 1.98. The Morgan fingerprint density at radius 3 is 2.57 bits per heavy atom. The third kappa shape index (κ3) is 4.43. The number of nitrogens with one attached hydrogen (secondary N) is 2. The fourth-order valence-electron chi connectivity index (χ4n) is 1.92. The van der Waals surface area contributed by atoms with Gasteiger partial charge in [-0.05, 0) is 36.8 Å². The van der Waals surface area contributed by atoms with Crippen LogP contribution in [0.25, 0.3) is 0 Å². The van der Waals surface area contributed by atoms with Crippen molar-refractivity contribution in [2.24, 2.45) is 0 Å². The van der Waals surface area contributed by atoms with E-state index >= 15 is 0 Å². The van der Waals surface area contributed by atoms with Crippen LogP contribution in [-0.4, -0.2) is 11.8 Å². The first-order chi connectivity index (χ1) is 10.1. The molecule has 110 valence electrons. The van der Waals surface area contributed by atoms with Gasteiger partial charge in [0.25, 0.3) is 5.91 Å². The minimum Gasteiger partial charge on any atom is -0.347 e. The zero-order chi connectivity index (χ0) is 15.2. The second-order valence-corrected chi connectivity index (χ2v) is 5.92.